The Balaban J connectivity index is 2.00. The lowest BCUT2D eigenvalue weighted by Crippen LogP contribution is -2.51. The molecule has 0 spiro atoms. The summed E-state index contributed by atoms with van der Waals surface area (Å²) in [6.45, 7) is -0.361. The van der Waals surface area contributed by atoms with E-state index >= 15 is 0 Å². The fourth-order valence-electron chi connectivity index (χ4n) is 2.08. The van der Waals surface area contributed by atoms with Gasteiger partial charge in [-0.3, -0.25) is 4.79 Å². The molecule has 0 bridgehead atoms. The van der Waals surface area contributed by atoms with E-state index in [9.17, 15) is 18.0 Å². The second-order valence-electron chi connectivity index (χ2n) is 4.70. The predicted molar refractivity (Wildman–Crippen MR) is 57.9 cm³/mol. The van der Waals surface area contributed by atoms with Crippen LogP contribution in [-0.2, 0) is 7.05 Å². The number of halogens is 3. The molecule has 1 N–H and O–H groups in total. The quantitative estimate of drug-likeness (QED) is 0.903. The largest absolute Gasteiger partial charge is 0.396 e. The van der Waals surface area contributed by atoms with Crippen molar-refractivity contribution in [2.24, 2.45) is 12.5 Å². The number of carbonyl (C=O) groups excluding carboxylic acids is 1. The molecule has 4 nitrogen and oxygen atoms in total. The van der Waals surface area contributed by atoms with Gasteiger partial charge in [0.1, 0.15) is 5.69 Å². The van der Waals surface area contributed by atoms with Crippen LogP contribution in [0, 0.1) is 5.41 Å². The normalized spacial score (nSPS) is 18.2. The first-order chi connectivity index (χ1) is 8.36. The summed E-state index contributed by atoms with van der Waals surface area (Å²) in [5.74, 6) is -0.523. The van der Waals surface area contributed by atoms with Crippen LogP contribution in [0.5, 0.6) is 0 Å². The Kier molecular flexibility index (Phi) is 3.08. The molecule has 100 valence electrons. The maximum absolute atomic E-state index is 12.9. The van der Waals surface area contributed by atoms with Crippen LogP contribution in [0.1, 0.15) is 29.8 Å². The first-order valence-corrected chi connectivity index (χ1v) is 5.67. The lowest BCUT2D eigenvalue weighted by molar-refractivity contribution is -0.247. The number of nitrogens with one attached hydrogen (secondary N) is 1. The number of aryl methyl sites for hydroxylation is 1. The van der Waals surface area contributed by atoms with Crippen molar-refractivity contribution in [1.29, 1.82) is 0 Å². The molecule has 0 aromatic carbocycles. The molecule has 0 unspecified atom stereocenters. The zero-order valence-corrected chi connectivity index (χ0v) is 9.92. The van der Waals surface area contributed by atoms with Crippen molar-refractivity contribution in [3.63, 3.8) is 0 Å². The Labute approximate surface area is 102 Å². The van der Waals surface area contributed by atoms with Crippen LogP contribution in [0.2, 0.25) is 0 Å². The first-order valence-electron chi connectivity index (χ1n) is 5.67. The minimum absolute atomic E-state index is 0.0855. The Morgan fingerprint density at radius 3 is 2.61 bits per heavy atom. The number of amides is 1. The zero-order chi connectivity index (χ0) is 13.4. The van der Waals surface area contributed by atoms with E-state index in [1.807, 2.05) is 0 Å². The summed E-state index contributed by atoms with van der Waals surface area (Å²) < 4.78 is 40.0. The van der Waals surface area contributed by atoms with Crippen LogP contribution >= 0.6 is 0 Å². The standard InChI is InChI=1S/C11H14F3N3O/c1-17-7-15-5-8(17)9(18)16-6-10(3-2-4-10)11(12,13)14/h5,7H,2-4,6H2,1H3,(H,16,18). The Morgan fingerprint density at radius 1 is 1.56 bits per heavy atom. The molecule has 7 heteroatoms. The summed E-state index contributed by atoms with van der Waals surface area (Å²) in [6.07, 6.45) is -0.773. The molecule has 0 atom stereocenters. The van der Waals surface area contributed by atoms with Gasteiger partial charge in [0.25, 0.3) is 5.91 Å². The number of carbonyl (C=O) groups is 1. The van der Waals surface area contributed by atoms with E-state index < -0.39 is 17.5 Å². The molecule has 1 aliphatic rings. The van der Waals surface area contributed by atoms with Crippen molar-refractivity contribution in [3.05, 3.63) is 18.2 Å². The van der Waals surface area contributed by atoms with Gasteiger partial charge >= 0.3 is 6.18 Å². The van der Waals surface area contributed by atoms with Gasteiger partial charge in [0.15, 0.2) is 0 Å². The number of aromatic nitrogens is 2. The number of imidazole rings is 1. The minimum Gasteiger partial charge on any atom is -0.350 e. The molecule has 1 amide bonds. The summed E-state index contributed by atoms with van der Waals surface area (Å²) in [5, 5.41) is 2.36. The molecule has 0 aliphatic heterocycles. The number of hydrogen-bond donors (Lipinski definition) is 1. The van der Waals surface area contributed by atoms with Crippen molar-refractivity contribution >= 4 is 5.91 Å². The zero-order valence-electron chi connectivity index (χ0n) is 9.92. The highest BCUT2D eigenvalue weighted by molar-refractivity contribution is 5.92. The van der Waals surface area contributed by atoms with Crippen molar-refractivity contribution in [2.45, 2.75) is 25.4 Å². The molecule has 1 heterocycles. The highest BCUT2D eigenvalue weighted by atomic mass is 19.4. The van der Waals surface area contributed by atoms with Gasteiger partial charge in [-0.05, 0) is 12.8 Å². The Hall–Kier alpha value is -1.53. The van der Waals surface area contributed by atoms with Crippen molar-refractivity contribution in [1.82, 2.24) is 14.9 Å². The lowest BCUT2D eigenvalue weighted by atomic mass is 9.68. The van der Waals surface area contributed by atoms with E-state index in [1.54, 1.807) is 7.05 Å². The molecule has 1 fully saturated rings. The molecule has 0 saturated heterocycles. The Bertz CT molecular complexity index is 449. The van der Waals surface area contributed by atoms with E-state index in [0.717, 1.165) is 0 Å². The van der Waals surface area contributed by atoms with Crippen LogP contribution in [0.3, 0.4) is 0 Å². The topological polar surface area (TPSA) is 46.9 Å². The molecule has 2 rings (SSSR count). The highest BCUT2D eigenvalue weighted by Crippen LogP contribution is 2.52. The predicted octanol–water partition coefficient (Wildman–Crippen LogP) is 1.88. The lowest BCUT2D eigenvalue weighted by Gasteiger charge is -2.43. The van der Waals surface area contributed by atoms with E-state index in [-0.39, 0.29) is 25.1 Å². The molecular formula is C11H14F3N3O. The minimum atomic E-state index is -4.26. The van der Waals surface area contributed by atoms with Crippen LogP contribution in [-0.4, -0.2) is 28.2 Å². The summed E-state index contributed by atoms with van der Waals surface area (Å²) in [6, 6.07) is 0. The summed E-state index contributed by atoms with van der Waals surface area (Å²) in [7, 11) is 1.62. The van der Waals surface area contributed by atoms with Gasteiger partial charge in [-0.1, -0.05) is 6.42 Å². The van der Waals surface area contributed by atoms with E-state index in [0.29, 0.717) is 6.42 Å². The third-order valence-corrected chi connectivity index (χ3v) is 3.55. The average molecular weight is 261 g/mol. The third kappa shape index (κ3) is 2.09. The highest BCUT2D eigenvalue weighted by Gasteiger charge is 2.58. The van der Waals surface area contributed by atoms with E-state index in [4.69, 9.17) is 0 Å². The number of rotatable bonds is 3. The van der Waals surface area contributed by atoms with E-state index in [2.05, 4.69) is 10.3 Å². The van der Waals surface area contributed by atoms with Crippen LogP contribution in [0.4, 0.5) is 13.2 Å². The monoisotopic (exact) mass is 261 g/mol. The second-order valence-corrected chi connectivity index (χ2v) is 4.70. The van der Waals surface area contributed by atoms with Gasteiger partial charge in [0, 0.05) is 13.6 Å². The molecule has 1 aromatic heterocycles. The summed E-state index contributed by atoms with van der Waals surface area (Å²) in [4.78, 5) is 15.5. The van der Waals surface area contributed by atoms with Crippen LogP contribution in [0.15, 0.2) is 12.5 Å². The molecule has 1 saturated carbocycles. The van der Waals surface area contributed by atoms with Gasteiger partial charge in [-0.15, -0.1) is 0 Å². The summed E-state index contributed by atoms with van der Waals surface area (Å²) >= 11 is 0. The van der Waals surface area contributed by atoms with Crippen LogP contribution < -0.4 is 5.32 Å². The molecule has 1 aromatic rings. The van der Waals surface area contributed by atoms with Gasteiger partial charge < -0.3 is 9.88 Å². The van der Waals surface area contributed by atoms with Gasteiger partial charge in [0.05, 0.1) is 17.9 Å². The number of alkyl halides is 3. The maximum Gasteiger partial charge on any atom is 0.396 e. The molecule has 0 radical (unpaired) electrons. The maximum atomic E-state index is 12.9. The van der Waals surface area contributed by atoms with Crippen molar-refractivity contribution in [3.8, 4) is 0 Å². The average Bonchev–Trinajstić information content (AvgIpc) is 2.60. The SMILES string of the molecule is Cn1cncc1C(=O)NCC1(C(F)(F)F)CCC1. The first kappa shape index (κ1) is 12.9. The van der Waals surface area contributed by atoms with Crippen LogP contribution in [0.25, 0.3) is 0 Å². The second kappa shape index (κ2) is 4.29. The Morgan fingerprint density at radius 2 is 2.22 bits per heavy atom. The summed E-state index contributed by atoms with van der Waals surface area (Å²) in [5.41, 5.74) is -1.48. The fraction of sp³-hybridized carbons (Fsp3) is 0.636. The molecule has 1 aliphatic carbocycles. The number of nitrogens with zero attached hydrogens (tertiary/aromatic N) is 2. The van der Waals surface area contributed by atoms with E-state index in [1.165, 1.54) is 17.1 Å². The van der Waals surface area contributed by atoms with Crippen molar-refractivity contribution < 1.29 is 18.0 Å². The smallest absolute Gasteiger partial charge is 0.350 e. The fourth-order valence-corrected chi connectivity index (χ4v) is 2.08. The van der Waals surface area contributed by atoms with Gasteiger partial charge in [-0.25, -0.2) is 4.98 Å². The van der Waals surface area contributed by atoms with Gasteiger partial charge in [-0.2, -0.15) is 13.2 Å². The molecule has 18 heavy (non-hydrogen) atoms. The van der Waals surface area contributed by atoms with Gasteiger partial charge in [0.2, 0.25) is 0 Å². The third-order valence-electron chi connectivity index (χ3n) is 3.55. The molecular weight excluding hydrogens is 247 g/mol. The van der Waals surface area contributed by atoms with Crippen molar-refractivity contribution in [2.75, 3.05) is 6.54 Å². The number of hydrogen-bond acceptors (Lipinski definition) is 2.